The normalized spacial score (nSPS) is 32.6. The molecule has 3 saturated carbocycles. The standard InChI is InChI=1S/C20H27F3N2O4/c1-18(2)11-9-25(14(12(11)18)16(27)29-3)15(26)13(24-17(28)20(21,22)23)10-7-19(8-10)5-4-6-19/h10-14H,4-9H2,1-3H3,(H,24,28)/t11?,12-,13?,14-/m0/s1. The largest absolute Gasteiger partial charge is 0.471 e. The van der Waals surface area contributed by atoms with E-state index in [1.54, 1.807) is 0 Å². The van der Waals surface area contributed by atoms with Gasteiger partial charge in [0.15, 0.2) is 0 Å². The van der Waals surface area contributed by atoms with E-state index in [1.807, 2.05) is 19.2 Å². The minimum atomic E-state index is -5.06. The van der Waals surface area contributed by atoms with E-state index in [4.69, 9.17) is 4.74 Å². The average Bonchev–Trinajstić information content (AvgIpc) is 2.92. The molecule has 4 aliphatic rings. The summed E-state index contributed by atoms with van der Waals surface area (Å²) in [6.45, 7) is 4.32. The van der Waals surface area contributed by atoms with Gasteiger partial charge in [-0.3, -0.25) is 9.59 Å². The lowest BCUT2D eigenvalue weighted by atomic mass is 9.50. The predicted molar refractivity (Wildman–Crippen MR) is 95.3 cm³/mol. The summed E-state index contributed by atoms with van der Waals surface area (Å²) in [5, 5.41) is 1.94. The highest BCUT2D eigenvalue weighted by atomic mass is 19.4. The van der Waals surface area contributed by atoms with Crippen LogP contribution < -0.4 is 5.32 Å². The number of alkyl halides is 3. The van der Waals surface area contributed by atoms with E-state index in [-0.39, 0.29) is 28.6 Å². The number of rotatable bonds is 4. The molecule has 1 aliphatic heterocycles. The summed E-state index contributed by atoms with van der Waals surface area (Å²) in [5.41, 5.74) is 0.00978. The van der Waals surface area contributed by atoms with Crippen LogP contribution in [0.2, 0.25) is 0 Å². The maximum atomic E-state index is 13.3. The zero-order valence-electron chi connectivity index (χ0n) is 16.8. The number of esters is 1. The first-order valence-corrected chi connectivity index (χ1v) is 10.2. The first kappa shape index (κ1) is 20.5. The number of hydrogen-bond donors (Lipinski definition) is 1. The summed E-state index contributed by atoms with van der Waals surface area (Å²) in [6.07, 6.45) is -0.662. The summed E-state index contributed by atoms with van der Waals surface area (Å²) in [4.78, 5) is 38.7. The van der Waals surface area contributed by atoms with Crippen molar-refractivity contribution in [2.24, 2.45) is 28.6 Å². The van der Waals surface area contributed by atoms with Crippen LogP contribution in [0, 0.1) is 28.6 Å². The second-order valence-corrected chi connectivity index (χ2v) is 9.88. The van der Waals surface area contributed by atoms with Crippen molar-refractivity contribution in [2.45, 2.75) is 64.2 Å². The molecule has 1 saturated heterocycles. The Morgan fingerprint density at radius 1 is 1.17 bits per heavy atom. The van der Waals surface area contributed by atoms with Crippen molar-refractivity contribution in [3.05, 3.63) is 0 Å². The number of halogens is 3. The Balaban J connectivity index is 1.54. The predicted octanol–water partition coefficient (Wildman–Crippen LogP) is 2.27. The molecule has 1 heterocycles. The van der Waals surface area contributed by atoms with Crippen LogP contribution >= 0.6 is 0 Å². The van der Waals surface area contributed by atoms with Crippen molar-refractivity contribution in [2.75, 3.05) is 13.7 Å². The van der Waals surface area contributed by atoms with Crippen molar-refractivity contribution < 1.29 is 32.3 Å². The number of ether oxygens (including phenoxy) is 1. The fourth-order valence-electron chi connectivity index (χ4n) is 6.06. The molecule has 4 rings (SSSR count). The molecule has 162 valence electrons. The van der Waals surface area contributed by atoms with E-state index in [1.165, 1.54) is 12.0 Å². The van der Waals surface area contributed by atoms with Gasteiger partial charge in [-0.1, -0.05) is 20.3 Å². The number of nitrogens with zero attached hydrogens (tertiary/aromatic N) is 1. The Kier molecular flexibility index (Phi) is 4.48. The summed E-state index contributed by atoms with van der Waals surface area (Å²) < 4.78 is 43.5. The van der Waals surface area contributed by atoms with Crippen LogP contribution in [0.3, 0.4) is 0 Å². The number of piperidine rings is 1. The number of methoxy groups -OCH3 is 1. The van der Waals surface area contributed by atoms with E-state index < -0.39 is 36.0 Å². The molecule has 6 nitrogen and oxygen atoms in total. The number of likely N-dealkylation sites (tertiary alicyclic amines) is 1. The summed E-state index contributed by atoms with van der Waals surface area (Å²) in [5.74, 6) is -3.56. The summed E-state index contributed by atoms with van der Waals surface area (Å²) >= 11 is 0. The Morgan fingerprint density at radius 3 is 2.28 bits per heavy atom. The summed E-state index contributed by atoms with van der Waals surface area (Å²) in [6, 6.07) is -2.07. The van der Waals surface area contributed by atoms with Crippen LogP contribution in [0.5, 0.6) is 0 Å². The first-order chi connectivity index (χ1) is 13.4. The molecule has 2 amide bonds. The van der Waals surface area contributed by atoms with Crippen molar-refractivity contribution in [1.29, 1.82) is 0 Å². The second kappa shape index (κ2) is 6.35. The van der Waals surface area contributed by atoms with E-state index in [0.29, 0.717) is 19.4 Å². The molecule has 1 N–H and O–H groups in total. The van der Waals surface area contributed by atoms with Gasteiger partial charge in [0, 0.05) is 12.5 Å². The zero-order chi connectivity index (χ0) is 21.4. The number of hydrogen-bond acceptors (Lipinski definition) is 4. The third-order valence-corrected chi connectivity index (χ3v) is 8.02. The van der Waals surface area contributed by atoms with Crippen molar-refractivity contribution in [3.63, 3.8) is 0 Å². The number of amides is 2. The molecule has 0 aromatic heterocycles. The molecule has 4 atom stereocenters. The topological polar surface area (TPSA) is 75.7 Å². The fourth-order valence-corrected chi connectivity index (χ4v) is 6.06. The first-order valence-electron chi connectivity index (χ1n) is 10.2. The van der Waals surface area contributed by atoms with Gasteiger partial charge in [-0.25, -0.2) is 4.79 Å². The van der Waals surface area contributed by atoms with E-state index >= 15 is 0 Å². The van der Waals surface area contributed by atoms with Crippen molar-refractivity contribution in [1.82, 2.24) is 10.2 Å². The number of nitrogens with one attached hydrogen (secondary N) is 1. The summed E-state index contributed by atoms with van der Waals surface area (Å²) in [7, 11) is 1.24. The highest BCUT2D eigenvalue weighted by Gasteiger charge is 2.70. The SMILES string of the molecule is COC(=O)[C@@H]1[C@@H]2C(CN1C(=O)C(NC(=O)C(F)(F)F)C1CC3(CCC3)C1)C2(C)C. The highest BCUT2D eigenvalue weighted by molar-refractivity contribution is 5.93. The van der Waals surface area contributed by atoms with Gasteiger partial charge in [-0.05, 0) is 48.3 Å². The Bertz CT molecular complexity index is 738. The molecule has 29 heavy (non-hydrogen) atoms. The third kappa shape index (κ3) is 3.11. The monoisotopic (exact) mass is 416 g/mol. The van der Waals surface area contributed by atoms with E-state index in [0.717, 1.165) is 19.3 Å². The zero-order valence-corrected chi connectivity index (χ0v) is 16.8. The quantitative estimate of drug-likeness (QED) is 0.714. The van der Waals surface area contributed by atoms with Crippen LogP contribution in [0.25, 0.3) is 0 Å². The van der Waals surface area contributed by atoms with Crippen LogP contribution in [-0.4, -0.2) is 54.6 Å². The molecule has 4 fully saturated rings. The molecule has 0 aromatic carbocycles. The van der Waals surface area contributed by atoms with E-state index in [2.05, 4.69) is 0 Å². The lowest BCUT2D eigenvalue weighted by Gasteiger charge is -2.56. The van der Waals surface area contributed by atoms with Gasteiger partial charge in [0.2, 0.25) is 5.91 Å². The Morgan fingerprint density at radius 2 is 1.79 bits per heavy atom. The van der Waals surface area contributed by atoms with Crippen LogP contribution in [0.15, 0.2) is 0 Å². The molecular formula is C20H27F3N2O4. The molecule has 0 aromatic rings. The van der Waals surface area contributed by atoms with Gasteiger partial charge in [-0.15, -0.1) is 0 Å². The minimum absolute atomic E-state index is 0.0720. The van der Waals surface area contributed by atoms with Crippen LogP contribution in [-0.2, 0) is 19.1 Å². The molecule has 3 aliphatic carbocycles. The number of carbonyl (C=O) groups is 3. The maximum Gasteiger partial charge on any atom is 0.471 e. The molecule has 1 spiro atoms. The third-order valence-electron chi connectivity index (χ3n) is 8.02. The van der Waals surface area contributed by atoms with Crippen LogP contribution in [0.1, 0.15) is 46.0 Å². The van der Waals surface area contributed by atoms with Gasteiger partial charge in [-0.2, -0.15) is 13.2 Å². The highest BCUT2D eigenvalue weighted by Crippen LogP contribution is 2.65. The molecule has 0 bridgehead atoms. The van der Waals surface area contributed by atoms with Gasteiger partial charge in [0.1, 0.15) is 12.1 Å². The van der Waals surface area contributed by atoms with Gasteiger partial charge in [0.25, 0.3) is 0 Å². The molecule has 2 unspecified atom stereocenters. The van der Waals surface area contributed by atoms with E-state index in [9.17, 15) is 27.6 Å². The Hall–Kier alpha value is -1.80. The molecule has 9 heteroatoms. The van der Waals surface area contributed by atoms with Gasteiger partial charge >= 0.3 is 18.1 Å². The van der Waals surface area contributed by atoms with Crippen LogP contribution in [0.4, 0.5) is 13.2 Å². The Labute approximate surface area is 167 Å². The minimum Gasteiger partial charge on any atom is -0.467 e. The van der Waals surface area contributed by atoms with Gasteiger partial charge in [0.05, 0.1) is 7.11 Å². The lowest BCUT2D eigenvalue weighted by molar-refractivity contribution is -0.177. The molecular weight excluding hydrogens is 389 g/mol. The average molecular weight is 416 g/mol. The molecule has 0 radical (unpaired) electrons. The fraction of sp³-hybridized carbons (Fsp3) is 0.850. The van der Waals surface area contributed by atoms with Gasteiger partial charge < -0.3 is 15.0 Å². The number of carbonyl (C=O) groups excluding carboxylic acids is 3. The maximum absolute atomic E-state index is 13.3. The lowest BCUT2D eigenvalue weighted by Crippen LogP contribution is -2.61. The second-order valence-electron chi connectivity index (χ2n) is 9.88. The number of fused-ring (bicyclic) bond motifs is 1. The smallest absolute Gasteiger partial charge is 0.467 e. The van der Waals surface area contributed by atoms with Crippen molar-refractivity contribution >= 4 is 17.8 Å². The van der Waals surface area contributed by atoms with Crippen molar-refractivity contribution in [3.8, 4) is 0 Å².